The fourth-order valence-electron chi connectivity index (χ4n) is 3.23. The van der Waals surface area contributed by atoms with Crippen LogP contribution >= 0.6 is 0 Å². The number of hydrogen-bond acceptors (Lipinski definition) is 5. The SMILES string of the molecule is CCc1cccnc1-c1noc(C2(N)CCCC(C)C2)n1. The van der Waals surface area contributed by atoms with Crippen LogP contribution in [-0.2, 0) is 12.0 Å². The van der Waals surface area contributed by atoms with E-state index in [1.807, 2.05) is 12.1 Å². The third kappa shape index (κ3) is 2.70. The Morgan fingerprint density at radius 2 is 2.33 bits per heavy atom. The molecule has 2 aromatic rings. The van der Waals surface area contributed by atoms with Crippen molar-refractivity contribution in [3.05, 3.63) is 29.8 Å². The summed E-state index contributed by atoms with van der Waals surface area (Å²) in [4.78, 5) is 8.94. The summed E-state index contributed by atoms with van der Waals surface area (Å²) in [6.07, 6.45) is 6.78. The van der Waals surface area contributed by atoms with Crippen LogP contribution in [-0.4, -0.2) is 15.1 Å². The van der Waals surface area contributed by atoms with Crippen molar-refractivity contribution in [2.24, 2.45) is 11.7 Å². The molecule has 1 fully saturated rings. The summed E-state index contributed by atoms with van der Waals surface area (Å²) < 4.78 is 5.48. The molecule has 1 aliphatic rings. The average Bonchev–Trinajstić information content (AvgIpc) is 2.97. The van der Waals surface area contributed by atoms with Crippen molar-refractivity contribution in [3.8, 4) is 11.5 Å². The minimum Gasteiger partial charge on any atom is -0.337 e. The molecule has 5 nitrogen and oxygen atoms in total. The van der Waals surface area contributed by atoms with Gasteiger partial charge in [0.25, 0.3) is 0 Å². The molecule has 112 valence electrons. The summed E-state index contributed by atoms with van der Waals surface area (Å²) >= 11 is 0. The number of aromatic nitrogens is 3. The van der Waals surface area contributed by atoms with Gasteiger partial charge >= 0.3 is 0 Å². The first-order valence-electron chi connectivity index (χ1n) is 7.69. The molecule has 0 radical (unpaired) electrons. The summed E-state index contributed by atoms with van der Waals surface area (Å²) in [5, 5.41) is 4.11. The lowest BCUT2D eigenvalue weighted by Gasteiger charge is -2.33. The Labute approximate surface area is 125 Å². The van der Waals surface area contributed by atoms with E-state index in [2.05, 4.69) is 29.0 Å². The van der Waals surface area contributed by atoms with Gasteiger partial charge in [-0.05, 0) is 36.8 Å². The lowest BCUT2D eigenvalue weighted by atomic mass is 9.77. The molecule has 1 aliphatic carbocycles. The Morgan fingerprint density at radius 1 is 1.48 bits per heavy atom. The Morgan fingerprint density at radius 3 is 3.10 bits per heavy atom. The maximum Gasteiger partial charge on any atom is 0.247 e. The Hall–Kier alpha value is -1.75. The highest BCUT2D eigenvalue weighted by Crippen LogP contribution is 2.37. The van der Waals surface area contributed by atoms with Crippen molar-refractivity contribution in [1.29, 1.82) is 0 Å². The van der Waals surface area contributed by atoms with Crippen molar-refractivity contribution in [2.75, 3.05) is 0 Å². The molecule has 2 heterocycles. The van der Waals surface area contributed by atoms with E-state index in [4.69, 9.17) is 10.3 Å². The summed E-state index contributed by atoms with van der Waals surface area (Å²) in [6, 6.07) is 3.97. The molecule has 3 rings (SSSR count). The molecule has 2 aromatic heterocycles. The molecule has 1 saturated carbocycles. The number of rotatable bonds is 3. The zero-order valence-corrected chi connectivity index (χ0v) is 12.7. The molecule has 0 bridgehead atoms. The second kappa shape index (κ2) is 5.56. The molecule has 0 spiro atoms. The van der Waals surface area contributed by atoms with Crippen LogP contribution in [0.1, 0.15) is 51.0 Å². The van der Waals surface area contributed by atoms with Crippen molar-refractivity contribution in [2.45, 2.75) is 51.5 Å². The number of hydrogen-bond donors (Lipinski definition) is 1. The van der Waals surface area contributed by atoms with Gasteiger partial charge in [-0.15, -0.1) is 0 Å². The molecular weight excluding hydrogens is 264 g/mol. The molecular formula is C16H22N4O. The first-order chi connectivity index (χ1) is 10.1. The standard InChI is InChI=1S/C16H22N4O/c1-3-12-7-5-9-18-13(12)14-19-15(21-20-14)16(17)8-4-6-11(2)10-16/h5,7,9,11H,3-4,6,8,10,17H2,1-2H3. The van der Waals surface area contributed by atoms with Gasteiger partial charge in [0.15, 0.2) is 0 Å². The number of pyridine rings is 1. The average molecular weight is 286 g/mol. The van der Waals surface area contributed by atoms with Crippen LogP contribution in [0.15, 0.2) is 22.9 Å². The van der Waals surface area contributed by atoms with E-state index < -0.39 is 5.54 Å². The number of nitrogens with zero attached hydrogens (tertiary/aromatic N) is 3. The van der Waals surface area contributed by atoms with Gasteiger partial charge in [-0.2, -0.15) is 4.98 Å². The summed E-state index contributed by atoms with van der Waals surface area (Å²) in [7, 11) is 0. The zero-order valence-electron chi connectivity index (χ0n) is 12.7. The smallest absolute Gasteiger partial charge is 0.247 e. The summed E-state index contributed by atoms with van der Waals surface area (Å²) in [6.45, 7) is 4.32. The van der Waals surface area contributed by atoms with Crippen LogP contribution in [0.3, 0.4) is 0 Å². The predicted molar refractivity (Wildman–Crippen MR) is 80.4 cm³/mol. The topological polar surface area (TPSA) is 77.8 Å². The first-order valence-corrected chi connectivity index (χ1v) is 7.69. The third-order valence-electron chi connectivity index (χ3n) is 4.37. The molecule has 0 saturated heterocycles. The van der Waals surface area contributed by atoms with Gasteiger partial charge in [-0.3, -0.25) is 4.98 Å². The van der Waals surface area contributed by atoms with E-state index in [1.54, 1.807) is 6.20 Å². The molecule has 2 N–H and O–H groups in total. The molecule has 2 unspecified atom stereocenters. The van der Waals surface area contributed by atoms with E-state index in [-0.39, 0.29) is 0 Å². The minimum atomic E-state index is -0.482. The van der Waals surface area contributed by atoms with E-state index in [1.165, 1.54) is 6.42 Å². The maximum atomic E-state index is 6.52. The normalized spacial score (nSPS) is 26.0. The van der Waals surface area contributed by atoms with Gasteiger partial charge in [0.2, 0.25) is 11.7 Å². The number of nitrogens with two attached hydrogens (primary N) is 1. The first kappa shape index (κ1) is 14.2. The molecule has 0 amide bonds. The molecule has 2 atom stereocenters. The van der Waals surface area contributed by atoms with Crippen LogP contribution in [0.2, 0.25) is 0 Å². The molecule has 21 heavy (non-hydrogen) atoms. The third-order valence-corrected chi connectivity index (χ3v) is 4.37. The van der Waals surface area contributed by atoms with Crippen molar-refractivity contribution in [3.63, 3.8) is 0 Å². The molecule has 5 heteroatoms. The van der Waals surface area contributed by atoms with E-state index in [0.717, 1.165) is 36.9 Å². The molecule has 0 aliphatic heterocycles. The monoisotopic (exact) mass is 286 g/mol. The van der Waals surface area contributed by atoms with Crippen molar-refractivity contribution < 1.29 is 4.52 Å². The van der Waals surface area contributed by atoms with Gasteiger partial charge in [-0.25, -0.2) is 0 Å². The highest BCUT2D eigenvalue weighted by Gasteiger charge is 2.38. The zero-order chi connectivity index (χ0) is 14.9. The van der Waals surface area contributed by atoms with E-state index >= 15 is 0 Å². The second-order valence-electron chi connectivity index (χ2n) is 6.15. The summed E-state index contributed by atoms with van der Waals surface area (Å²) in [5.74, 6) is 1.70. The largest absolute Gasteiger partial charge is 0.337 e. The quantitative estimate of drug-likeness (QED) is 0.938. The van der Waals surface area contributed by atoms with Gasteiger partial charge in [0, 0.05) is 6.20 Å². The summed E-state index contributed by atoms with van der Waals surface area (Å²) in [5.41, 5.74) is 7.95. The fraction of sp³-hybridized carbons (Fsp3) is 0.562. The van der Waals surface area contributed by atoms with Gasteiger partial charge < -0.3 is 10.3 Å². The lowest BCUT2D eigenvalue weighted by molar-refractivity contribution is 0.183. The van der Waals surface area contributed by atoms with Crippen molar-refractivity contribution in [1.82, 2.24) is 15.1 Å². The van der Waals surface area contributed by atoms with Crippen LogP contribution in [0, 0.1) is 5.92 Å². The Kier molecular flexibility index (Phi) is 3.76. The van der Waals surface area contributed by atoms with E-state index in [9.17, 15) is 0 Å². The fourth-order valence-corrected chi connectivity index (χ4v) is 3.23. The van der Waals surface area contributed by atoms with Crippen LogP contribution < -0.4 is 5.73 Å². The highest BCUT2D eigenvalue weighted by atomic mass is 16.5. The highest BCUT2D eigenvalue weighted by molar-refractivity contribution is 5.53. The van der Waals surface area contributed by atoms with Crippen LogP contribution in [0.25, 0.3) is 11.5 Å². The lowest BCUT2D eigenvalue weighted by Crippen LogP contribution is -2.41. The maximum absolute atomic E-state index is 6.52. The van der Waals surface area contributed by atoms with Crippen molar-refractivity contribution >= 4 is 0 Å². The Balaban J connectivity index is 1.93. The Bertz CT molecular complexity index is 624. The number of aryl methyl sites for hydroxylation is 1. The second-order valence-corrected chi connectivity index (χ2v) is 6.15. The minimum absolute atomic E-state index is 0.482. The predicted octanol–water partition coefficient (Wildman–Crippen LogP) is 3.06. The van der Waals surface area contributed by atoms with Gasteiger partial charge in [0.05, 0.1) is 5.54 Å². The van der Waals surface area contributed by atoms with E-state index in [0.29, 0.717) is 17.6 Å². The van der Waals surface area contributed by atoms with Crippen LogP contribution in [0.4, 0.5) is 0 Å². The van der Waals surface area contributed by atoms with Gasteiger partial charge in [-0.1, -0.05) is 37.9 Å². The molecule has 0 aromatic carbocycles. The van der Waals surface area contributed by atoms with Crippen LogP contribution in [0.5, 0.6) is 0 Å². The van der Waals surface area contributed by atoms with Gasteiger partial charge in [0.1, 0.15) is 5.69 Å².